The standard InChI is InChI=1S/C35H44N6O2/c1-25-21-26(2)37-35(36-25)38-18-15-29(16-19-38)34(43)39-23-30-11-7-8-12-33(30)40(27(3)42)20-17-31-13-14-32(24-39)41(31)22-28-9-5-4-6-10-28/h4-12,21,29,31-32H,13-20,22-24H2,1-3H3/t31-,32+/m0/s1. The third-order valence-electron chi connectivity index (χ3n) is 9.53. The molecule has 2 atom stereocenters. The lowest BCUT2D eigenvalue weighted by Gasteiger charge is -2.37. The Labute approximate surface area is 255 Å². The lowest BCUT2D eigenvalue weighted by atomic mass is 9.94. The summed E-state index contributed by atoms with van der Waals surface area (Å²) in [5.41, 5.74) is 5.20. The maximum atomic E-state index is 14.4. The molecule has 226 valence electrons. The highest BCUT2D eigenvalue weighted by molar-refractivity contribution is 5.92. The van der Waals surface area contributed by atoms with Crippen LogP contribution in [-0.2, 0) is 22.7 Å². The van der Waals surface area contributed by atoms with Gasteiger partial charge >= 0.3 is 0 Å². The van der Waals surface area contributed by atoms with Crippen molar-refractivity contribution in [1.82, 2.24) is 19.8 Å². The second kappa shape index (κ2) is 12.8. The number of aryl methyl sites for hydroxylation is 2. The third-order valence-corrected chi connectivity index (χ3v) is 9.53. The van der Waals surface area contributed by atoms with Crippen LogP contribution in [0.5, 0.6) is 0 Å². The molecule has 2 amide bonds. The van der Waals surface area contributed by atoms with E-state index in [4.69, 9.17) is 0 Å². The molecule has 3 aliphatic heterocycles. The van der Waals surface area contributed by atoms with Crippen LogP contribution in [0.4, 0.5) is 11.6 Å². The quantitative estimate of drug-likeness (QED) is 0.426. The van der Waals surface area contributed by atoms with Crippen LogP contribution in [-0.4, -0.2) is 69.8 Å². The van der Waals surface area contributed by atoms with E-state index in [9.17, 15) is 9.59 Å². The van der Waals surface area contributed by atoms with Gasteiger partial charge in [0.2, 0.25) is 17.8 Å². The van der Waals surface area contributed by atoms with Crippen LogP contribution in [0.2, 0.25) is 0 Å². The second-order valence-electron chi connectivity index (χ2n) is 12.6. The zero-order valence-corrected chi connectivity index (χ0v) is 25.8. The van der Waals surface area contributed by atoms with Gasteiger partial charge in [-0.1, -0.05) is 48.5 Å². The van der Waals surface area contributed by atoms with Crippen LogP contribution in [0.1, 0.15) is 61.5 Å². The molecule has 0 saturated carbocycles. The van der Waals surface area contributed by atoms with E-state index in [1.54, 1.807) is 6.92 Å². The number of hydrogen-bond acceptors (Lipinski definition) is 6. The van der Waals surface area contributed by atoms with E-state index in [0.717, 1.165) is 80.3 Å². The predicted octanol–water partition coefficient (Wildman–Crippen LogP) is 5.13. The van der Waals surface area contributed by atoms with Gasteiger partial charge in [0.15, 0.2) is 0 Å². The molecule has 0 N–H and O–H groups in total. The first-order chi connectivity index (χ1) is 20.9. The number of benzene rings is 2. The summed E-state index contributed by atoms with van der Waals surface area (Å²) in [5, 5.41) is 0. The minimum atomic E-state index is -0.0388. The van der Waals surface area contributed by atoms with Crippen molar-refractivity contribution in [1.29, 1.82) is 0 Å². The molecule has 3 aromatic rings. The number of fused-ring (bicyclic) bond motifs is 3. The molecule has 2 saturated heterocycles. The van der Waals surface area contributed by atoms with Crippen molar-refractivity contribution < 1.29 is 9.59 Å². The fourth-order valence-corrected chi connectivity index (χ4v) is 7.33. The number of para-hydroxylation sites is 1. The molecule has 1 aromatic heterocycles. The van der Waals surface area contributed by atoms with Crippen molar-refractivity contribution in [3.63, 3.8) is 0 Å². The number of carbonyl (C=O) groups excluding carboxylic acids is 2. The average molecular weight is 581 g/mol. The van der Waals surface area contributed by atoms with Gasteiger partial charge in [0, 0.05) is 81.3 Å². The van der Waals surface area contributed by atoms with Crippen LogP contribution in [0.15, 0.2) is 60.7 Å². The fourth-order valence-electron chi connectivity index (χ4n) is 7.33. The molecule has 43 heavy (non-hydrogen) atoms. The number of nitrogens with zero attached hydrogens (tertiary/aromatic N) is 6. The average Bonchev–Trinajstić information content (AvgIpc) is 3.36. The summed E-state index contributed by atoms with van der Waals surface area (Å²) >= 11 is 0. The molecular weight excluding hydrogens is 536 g/mol. The first-order valence-electron chi connectivity index (χ1n) is 15.9. The molecule has 8 nitrogen and oxygen atoms in total. The monoisotopic (exact) mass is 580 g/mol. The minimum absolute atomic E-state index is 0.0388. The van der Waals surface area contributed by atoms with Gasteiger partial charge < -0.3 is 14.7 Å². The van der Waals surface area contributed by atoms with E-state index < -0.39 is 0 Å². The Morgan fingerprint density at radius 3 is 2.21 bits per heavy atom. The summed E-state index contributed by atoms with van der Waals surface area (Å²) < 4.78 is 0. The Morgan fingerprint density at radius 2 is 1.49 bits per heavy atom. The topological polar surface area (TPSA) is 72.9 Å². The van der Waals surface area contributed by atoms with E-state index in [-0.39, 0.29) is 23.8 Å². The zero-order valence-electron chi connectivity index (χ0n) is 25.8. The molecule has 2 aromatic carbocycles. The molecule has 3 aliphatic rings. The second-order valence-corrected chi connectivity index (χ2v) is 12.6. The van der Waals surface area contributed by atoms with E-state index in [1.165, 1.54) is 5.56 Å². The highest BCUT2D eigenvalue weighted by Crippen LogP contribution is 2.34. The van der Waals surface area contributed by atoms with E-state index in [0.29, 0.717) is 25.7 Å². The van der Waals surface area contributed by atoms with Gasteiger partial charge in [-0.05, 0) is 69.2 Å². The Balaban J connectivity index is 1.27. The number of amides is 2. The Bertz CT molecular complexity index is 1420. The molecule has 0 aliphatic carbocycles. The summed E-state index contributed by atoms with van der Waals surface area (Å²) in [5.74, 6) is 1.01. The van der Waals surface area contributed by atoms with Crippen molar-refractivity contribution in [2.24, 2.45) is 5.92 Å². The highest BCUT2D eigenvalue weighted by Gasteiger charge is 2.38. The van der Waals surface area contributed by atoms with Crippen LogP contribution in [0, 0.1) is 19.8 Å². The lowest BCUT2D eigenvalue weighted by Crippen LogP contribution is -2.48. The van der Waals surface area contributed by atoms with Gasteiger partial charge in [0.25, 0.3) is 0 Å². The van der Waals surface area contributed by atoms with Crippen molar-refractivity contribution in [2.45, 2.75) is 78.0 Å². The summed E-state index contributed by atoms with van der Waals surface area (Å²) in [6.07, 6.45) is 4.64. The Hall–Kier alpha value is -3.78. The number of carbonyl (C=O) groups is 2. The summed E-state index contributed by atoms with van der Waals surface area (Å²) in [6.45, 7) is 9.97. The molecule has 0 spiro atoms. The smallest absolute Gasteiger partial charge is 0.226 e. The van der Waals surface area contributed by atoms with Crippen molar-refractivity contribution in [3.8, 4) is 0 Å². The molecular formula is C35H44N6O2. The molecule has 6 rings (SSSR count). The Kier molecular flexibility index (Phi) is 8.75. The summed E-state index contributed by atoms with van der Waals surface area (Å²) in [4.78, 5) is 45.6. The van der Waals surface area contributed by atoms with Crippen LogP contribution >= 0.6 is 0 Å². The first-order valence-corrected chi connectivity index (χ1v) is 15.9. The normalized spacial score (nSPS) is 21.8. The van der Waals surface area contributed by atoms with Gasteiger partial charge in [-0.2, -0.15) is 0 Å². The number of aromatic nitrogens is 2. The number of piperidine rings is 1. The van der Waals surface area contributed by atoms with Gasteiger partial charge in [-0.15, -0.1) is 0 Å². The lowest BCUT2D eigenvalue weighted by molar-refractivity contribution is -0.137. The van der Waals surface area contributed by atoms with Crippen molar-refractivity contribution in [3.05, 3.63) is 83.2 Å². The fraction of sp³-hybridized carbons (Fsp3) is 0.486. The molecule has 2 bridgehead atoms. The van der Waals surface area contributed by atoms with Gasteiger partial charge in [-0.25, -0.2) is 9.97 Å². The minimum Gasteiger partial charge on any atom is -0.341 e. The van der Waals surface area contributed by atoms with Crippen molar-refractivity contribution >= 4 is 23.5 Å². The summed E-state index contributed by atoms with van der Waals surface area (Å²) in [6, 6.07) is 21.4. The molecule has 0 unspecified atom stereocenters. The van der Waals surface area contributed by atoms with Gasteiger partial charge in [0.1, 0.15) is 0 Å². The van der Waals surface area contributed by atoms with E-state index >= 15 is 0 Å². The van der Waals surface area contributed by atoms with E-state index in [2.05, 4.69) is 61.1 Å². The van der Waals surface area contributed by atoms with Crippen LogP contribution < -0.4 is 9.80 Å². The number of rotatable bonds is 4. The zero-order chi connectivity index (χ0) is 29.9. The largest absolute Gasteiger partial charge is 0.341 e. The van der Waals surface area contributed by atoms with E-state index in [1.807, 2.05) is 43.0 Å². The number of hydrogen-bond donors (Lipinski definition) is 0. The molecule has 4 heterocycles. The van der Waals surface area contributed by atoms with Crippen molar-refractivity contribution in [2.75, 3.05) is 36.0 Å². The number of anilines is 2. The van der Waals surface area contributed by atoms with Crippen LogP contribution in [0.25, 0.3) is 0 Å². The highest BCUT2D eigenvalue weighted by atomic mass is 16.2. The summed E-state index contributed by atoms with van der Waals surface area (Å²) in [7, 11) is 0. The maximum absolute atomic E-state index is 14.4. The third kappa shape index (κ3) is 6.59. The molecule has 8 heteroatoms. The predicted molar refractivity (Wildman–Crippen MR) is 170 cm³/mol. The SMILES string of the molecule is CC(=O)N1CC[C@@H]2CC[C@H](CN(C(=O)C3CCN(c4nc(C)cc(C)n4)CC3)Cc3ccccc31)N2Cc1ccccc1. The maximum Gasteiger partial charge on any atom is 0.226 e. The van der Waals surface area contributed by atoms with Crippen LogP contribution in [0.3, 0.4) is 0 Å². The Morgan fingerprint density at radius 1 is 0.814 bits per heavy atom. The molecule has 0 radical (unpaired) electrons. The first kappa shape index (κ1) is 29.3. The molecule has 2 fully saturated rings. The van der Waals surface area contributed by atoms with Gasteiger partial charge in [-0.3, -0.25) is 14.5 Å². The van der Waals surface area contributed by atoms with Gasteiger partial charge in [0.05, 0.1) is 0 Å².